The van der Waals surface area contributed by atoms with E-state index in [9.17, 15) is 14.4 Å². The van der Waals surface area contributed by atoms with Gasteiger partial charge in [0.25, 0.3) is 0 Å². The lowest BCUT2D eigenvalue weighted by Gasteiger charge is -2.31. The van der Waals surface area contributed by atoms with Crippen molar-refractivity contribution in [3.63, 3.8) is 0 Å². The van der Waals surface area contributed by atoms with E-state index in [4.69, 9.17) is 0 Å². The molecule has 1 aromatic heterocycles. The number of rotatable bonds is 5. The third-order valence-corrected chi connectivity index (χ3v) is 7.14. The summed E-state index contributed by atoms with van der Waals surface area (Å²) in [5, 5.41) is 6.86. The Morgan fingerprint density at radius 3 is 2.59 bits per heavy atom. The fourth-order valence-electron chi connectivity index (χ4n) is 5.33. The van der Waals surface area contributed by atoms with E-state index in [1.54, 1.807) is 27.8 Å². The van der Waals surface area contributed by atoms with Crippen molar-refractivity contribution in [1.29, 1.82) is 0 Å². The first kappa shape index (κ1) is 22.3. The van der Waals surface area contributed by atoms with E-state index < -0.39 is 6.04 Å². The number of benzene rings is 1. The summed E-state index contributed by atoms with van der Waals surface area (Å²) >= 11 is 0. The molecule has 0 radical (unpaired) electrons. The lowest BCUT2D eigenvalue weighted by molar-refractivity contribution is -0.137. The first-order chi connectivity index (χ1) is 15.2. The van der Waals surface area contributed by atoms with Crippen LogP contribution in [0.1, 0.15) is 44.2 Å². The van der Waals surface area contributed by atoms with Crippen LogP contribution < -0.4 is 10.6 Å². The smallest absolute Gasteiger partial charge is 0.245 e. The van der Waals surface area contributed by atoms with Gasteiger partial charge in [0.05, 0.1) is 18.1 Å². The highest BCUT2D eigenvalue weighted by atomic mass is 16.2. The molecule has 2 fully saturated rings. The van der Waals surface area contributed by atoms with Crippen LogP contribution in [0, 0.1) is 6.92 Å². The average Bonchev–Trinajstić information content (AvgIpc) is 3.45. The van der Waals surface area contributed by atoms with Gasteiger partial charge in [0.15, 0.2) is 0 Å². The molecule has 8 nitrogen and oxygen atoms in total. The maximum Gasteiger partial charge on any atom is 0.245 e. The molecular weight excluding hydrogens is 406 g/mol. The minimum atomic E-state index is -0.630. The van der Waals surface area contributed by atoms with Gasteiger partial charge in [-0.15, -0.1) is 0 Å². The van der Waals surface area contributed by atoms with Crippen LogP contribution in [0.2, 0.25) is 0 Å². The summed E-state index contributed by atoms with van der Waals surface area (Å²) < 4.78 is 0. The number of hydrogen-bond donors (Lipinski definition) is 3. The summed E-state index contributed by atoms with van der Waals surface area (Å²) in [5.74, 6) is -0.243. The van der Waals surface area contributed by atoms with Crippen LogP contribution in [-0.2, 0) is 14.4 Å². The monoisotopic (exact) mass is 439 g/mol. The summed E-state index contributed by atoms with van der Waals surface area (Å²) in [4.78, 5) is 45.3. The van der Waals surface area contributed by atoms with E-state index in [1.807, 2.05) is 16.0 Å². The quantitative estimate of drug-likeness (QED) is 0.658. The molecule has 0 spiro atoms. The second-order valence-electron chi connectivity index (χ2n) is 9.19. The molecule has 4 rings (SSSR count). The Bertz CT molecular complexity index is 1050. The van der Waals surface area contributed by atoms with Crippen LogP contribution in [0.4, 0.5) is 0 Å². The SMILES string of the molecule is CN[C@@H](C)C(=O)N[C@@H](C)C(=O)N1CC[C@@H]2[C@H]1[C@@H](c1c[nH]c3cc(C)ccc13)CN2C(C)=O. The Labute approximate surface area is 188 Å². The van der Waals surface area contributed by atoms with Gasteiger partial charge in [0.2, 0.25) is 17.7 Å². The molecular formula is C24H33N5O3. The topological polar surface area (TPSA) is 97.5 Å². The Kier molecular flexibility index (Phi) is 5.99. The van der Waals surface area contributed by atoms with Gasteiger partial charge in [-0.1, -0.05) is 12.1 Å². The minimum Gasteiger partial charge on any atom is -0.361 e. The van der Waals surface area contributed by atoms with Crippen LogP contribution in [0.25, 0.3) is 10.9 Å². The first-order valence-electron chi connectivity index (χ1n) is 11.4. The highest BCUT2D eigenvalue weighted by Crippen LogP contribution is 2.43. The van der Waals surface area contributed by atoms with Crippen LogP contribution in [0.3, 0.4) is 0 Å². The van der Waals surface area contributed by atoms with Crippen LogP contribution >= 0.6 is 0 Å². The zero-order chi connectivity index (χ0) is 23.2. The highest BCUT2D eigenvalue weighted by Gasteiger charge is 2.52. The third-order valence-electron chi connectivity index (χ3n) is 7.14. The number of nitrogens with zero attached hydrogens (tertiary/aromatic N) is 2. The molecule has 2 aliphatic heterocycles. The molecule has 2 aliphatic rings. The largest absolute Gasteiger partial charge is 0.361 e. The van der Waals surface area contributed by atoms with Crippen molar-refractivity contribution in [2.24, 2.45) is 0 Å². The number of aromatic amines is 1. The second kappa shape index (κ2) is 8.58. The summed E-state index contributed by atoms with van der Waals surface area (Å²) in [6.07, 6.45) is 2.78. The van der Waals surface area contributed by atoms with E-state index in [1.165, 1.54) is 5.56 Å². The number of aryl methyl sites for hydroxylation is 1. The number of amides is 3. The summed E-state index contributed by atoms with van der Waals surface area (Å²) in [6, 6.07) is 5.21. The van der Waals surface area contributed by atoms with Crippen molar-refractivity contribution in [2.75, 3.05) is 20.1 Å². The summed E-state index contributed by atoms with van der Waals surface area (Å²) in [6.45, 7) is 8.33. The van der Waals surface area contributed by atoms with Crippen molar-refractivity contribution >= 4 is 28.6 Å². The van der Waals surface area contributed by atoms with Gasteiger partial charge in [0, 0.05) is 43.0 Å². The molecule has 5 atom stereocenters. The Morgan fingerprint density at radius 2 is 1.91 bits per heavy atom. The molecule has 1 aromatic carbocycles. The Morgan fingerprint density at radius 1 is 1.16 bits per heavy atom. The van der Waals surface area contributed by atoms with E-state index >= 15 is 0 Å². The van der Waals surface area contributed by atoms with Gasteiger partial charge in [0.1, 0.15) is 6.04 Å². The van der Waals surface area contributed by atoms with Gasteiger partial charge in [-0.2, -0.15) is 0 Å². The molecule has 2 aromatic rings. The lowest BCUT2D eigenvalue weighted by Crippen LogP contribution is -2.53. The number of carbonyl (C=O) groups excluding carboxylic acids is 3. The Hall–Kier alpha value is -2.87. The number of likely N-dealkylation sites (tertiary alicyclic amines) is 2. The maximum atomic E-state index is 13.4. The number of fused-ring (bicyclic) bond motifs is 2. The minimum absolute atomic E-state index is 0.00372. The van der Waals surface area contributed by atoms with Gasteiger partial charge in [-0.25, -0.2) is 0 Å². The highest BCUT2D eigenvalue weighted by molar-refractivity contribution is 5.90. The van der Waals surface area contributed by atoms with E-state index in [-0.39, 0.29) is 41.8 Å². The first-order valence-corrected chi connectivity index (χ1v) is 11.4. The maximum absolute atomic E-state index is 13.4. The fraction of sp³-hybridized carbons (Fsp3) is 0.542. The van der Waals surface area contributed by atoms with E-state index in [0.717, 1.165) is 22.9 Å². The van der Waals surface area contributed by atoms with Crippen molar-refractivity contribution < 1.29 is 14.4 Å². The summed E-state index contributed by atoms with van der Waals surface area (Å²) in [5.41, 5.74) is 3.38. The molecule has 0 bridgehead atoms. The summed E-state index contributed by atoms with van der Waals surface area (Å²) in [7, 11) is 1.71. The molecule has 3 heterocycles. The van der Waals surface area contributed by atoms with Crippen LogP contribution in [0.5, 0.6) is 0 Å². The van der Waals surface area contributed by atoms with Crippen LogP contribution in [0.15, 0.2) is 24.4 Å². The average molecular weight is 440 g/mol. The van der Waals surface area contributed by atoms with Crippen molar-refractivity contribution in [3.8, 4) is 0 Å². The second-order valence-corrected chi connectivity index (χ2v) is 9.19. The number of H-pyrrole nitrogens is 1. The van der Waals surface area contributed by atoms with Gasteiger partial charge in [-0.05, 0) is 51.4 Å². The lowest BCUT2D eigenvalue weighted by atomic mass is 9.91. The zero-order valence-corrected chi connectivity index (χ0v) is 19.4. The third kappa shape index (κ3) is 3.77. The number of aromatic nitrogens is 1. The molecule has 0 aliphatic carbocycles. The number of likely N-dealkylation sites (N-methyl/N-ethyl adjacent to an activating group) is 1. The standard InChI is InChI=1S/C24H33N5O3/c1-13-6-7-17-18(11-26-20(17)10-13)19-12-29(16(4)30)21-8-9-28(22(19)21)24(32)15(3)27-23(31)14(2)25-5/h6-7,10-11,14-15,19,21-22,25-26H,8-9,12H2,1-5H3,(H,27,31)/t14-,15-,19+,21+,22+/m0/s1. The molecule has 32 heavy (non-hydrogen) atoms. The van der Waals surface area contributed by atoms with Gasteiger partial charge < -0.3 is 25.4 Å². The van der Waals surface area contributed by atoms with E-state index in [0.29, 0.717) is 13.1 Å². The predicted molar refractivity (Wildman–Crippen MR) is 123 cm³/mol. The molecule has 0 saturated carbocycles. The normalized spacial score (nSPS) is 24.5. The zero-order valence-electron chi connectivity index (χ0n) is 19.4. The molecule has 3 amide bonds. The van der Waals surface area contributed by atoms with E-state index in [2.05, 4.69) is 40.7 Å². The molecule has 3 N–H and O–H groups in total. The van der Waals surface area contributed by atoms with Crippen molar-refractivity contribution in [2.45, 2.75) is 64.2 Å². The van der Waals surface area contributed by atoms with Gasteiger partial charge >= 0.3 is 0 Å². The van der Waals surface area contributed by atoms with Crippen molar-refractivity contribution in [3.05, 3.63) is 35.5 Å². The number of hydrogen-bond acceptors (Lipinski definition) is 4. The van der Waals surface area contributed by atoms with Crippen molar-refractivity contribution in [1.82, 2.24) is 25.4 Å². The number of carbonyl (C=O) groups is 3. The molecule has 8 heteroatoms. The fourth-order valence-corrected chi connectivity index (χ4v) is 5.33. The molecule has 2 saturated heterocycles. The van der Waals surface area contributed by atoms with Crippen LogP contribution in [-0.4, -0.2) is 76.8 Å². The predicted octanol–water partition coefficient (Wildman–Crippen LogP) is 1.50. The molecule has 172 valence electrons. The number of nitrogens with one attached hydrogen (secondary N) is 3. The Balaban J connectivity index is 1.64. The molecule has 0 unspecified atom stereocenters. The van der Waals surface area contributed by atoms with Gasteiger partial charge in [-0.3, -0.25) is 14.4 Å².